The minimum absolute atomic E-state index is 1.17. The van der Waals surface area contributed by atoms with Gasteiger partial charge in [-0.1, -0.05) is 97.0 Å². The normalized spacial score (nSPS) is 11.1. The van der Waals surface area contributed by atoms with Crippen LogP contribution in [0.1, 0.15) is 115 Å². The molecular weight excluding hydrogens is 290 g/mol. The Labute approximate surface area is 151 Å². The van der Waals surface area contributed by atoms with Gasteiger partial charge in [-0.2, -0.15) is 0 Å². The highest BCUT2D eigenvalue weighted by molar-refractivity contribution is 5.11. The molecule has 1 rings (SSSR count). The van der Waals surface area contributed by atoms with Crippen molar-refractivity contribution in [2.75, 3.05) is 0 Å². The molecule has 138 valence electrons. The van der Waals surface area contributed by atoms with E-state index in [0.29, 0.717) is 0 Å². The van der Waals surface area contributed by atoms with E-state index in [-0.39, 0.29) is 0 Å². The van der Waals surface area contributed by atoms with Crippen molar-refractivity contribution < 1.29 is 0 Å². The Morgan fingerprint density at radius 3 is 1.33 bits per heavy atom. The van der Waals surface area contributed by atoms with Crippen molar-refractivity contribution in [3.8, 4) is 0 Å². The van der Waals surface area contributed by atoms with Gasteiger partial charge in [0.15, 0.2) is 0 Å². The molecule has 0 amide bonds. The van der Waals surface area contributed by atoms with Crippen molar-refractivity contribution in [3.63, 3.8) is 0 Å². The molecule has 0 fully saturated rings. The van der Waals surface area contributed by atoms with Gasteiger partial charge >= 0.3 is 0 Å². The highest BCUT2D eigenvalue weighted by atomic mass is 14.7. The lowest BCUT2D eigenvalue weighted by Crippen LogP contribution is -1.96. The van der Waals surface area contributed by atoms with Crippen LogP contribution in [0.25, 0.3) is 0 Å². The third kappa shape index (κ3) is 11.6. The van der Waals surface area contributed by atoms with Gasteiger partial charge in [-0.15, -0.1) is 0 Å². The van der Waals surface area contributed by atoms with Crippen LogP contribution in [0, 0.1) is 0 Å². The van der Waals surface area contributed by atoms with Crippen LogP contribution in [-0.2, 0) is 12.8 Å². The molecule has 0 N–H and O–H groups in total. The number of rotatable bonds is 16. The summed E-state index contributed by atoms with van der Waals surface area (Å²) in [6.45, 7) is 4.57. The standard InChI is InChI=1S/C23H41N/c1-3-5-7-9-11-13-15-18-22-20-17-21-23(24-22)19-16-14-12-10-8-6-4-2/h17,20-21H,3-16,18-19H2,1-2H3. The minimum atomic E-state index is 1.17. The first-order valence-electron chi connectivity index (χ1n) is 10.8. The lowest BCUT2D eigenvalue weighted by Gasteiger charge is -2.05. The summed E-state index contributed by atoms with van der Waals surface area (Å²) in [7, 11) is 0. The highest BCUT2D eigenvalue weighted by Crippen LogP contribution is 2.12. The summed E-state index contributed by atoms with van der Waals surface area (Å²) in [5.41, 5.74) is 2.62. The number of nitrogens with zero attached hydrogens (tertiary/aromatic N) is 1. The Hall–Kier alpha value is -0.850. The molecule has 0 aromatic carbocycles. The maximum absolute atomic E-state index is 4.87. The first kappa shape index (κ1) is 21.2. The monoisotopic (exact) mass is 331 g/mol. The minimum Gasteiger partial charge on any atom is -0.258 e. The van der Waals surface area contributed by atoms with Gasteiger partial charge in [0.1, 0.15) is 0 Å². The second-order valence-corrected chi connectivity index (χ2v) is 7.36. The fraction of sp³-hybridized carbons (Fsp3) is 0.783. The van der Waals surface area contributed by atoms with Crippen LogP contribution in [0.4, 0.5) is 0 Å². The molecule has 1 heterocycles. The third-order valence-electron chi connectivity index (χ3n) is 4.94. The summed E-state index contributed by atoms with van der Waals surface area (Å²) in [5, 5.41) is 0. The molecule has 0 aliphatic heterocycles. The summed E-state index contributed by atoms with van der Waals surface area (Å²) in [6.07, 6.45) is 21.6. The van der Waals surface area contributed by atoms with Gasteiger partial charge in [0.2, 0.25) is 0 Å². The van der Waals surface area contributed by atoms with Crippen LogP contribution in [0.2, 0.25) is 0 Å². The van der Waals surface area contributed by atoms with Gasteiger partial charge in [0, 0.05) is 11.4 Å². The molecular formula is C23H41N. The molecule has 0 radical (unpaired) electrons. The number of aryl methyl sites for hydroxylation is 2. The summed E-state index contributed by atoms with van der Waals surface area (Å²) in [5.74, 6) is 0. The highest BCUT2D eigenvalue weighted by Gasteiger charge is 2.00. The number of unbranched alkanes of at least 4 members (excludes halogenated alkanes) is 12. The van der Waals surface area contributed by atoms with Crippen molar-refractivity contribution in [3.05, 3.63) is 29.6 Å². The number of hydrogen-bond donors (Lipinski definition) is 0. The summed E-state index contributed by atoms with van der Waals surface area (Å²) >= 11 is 0. The zero-order valence-corrected chi connectivity index (χ0v) is 16.5. The van der Waals surface area contributed by atoms with Gasteiger partial charge in [-0.05, 0) is 37.8 Å². The molecule has 1 aromatic rings. The Kier molecular flexibility index (Phi) is 13.8. The molecule has 24 heavy (non-hydrogen) atoms. The van der Waals surface area contributed by atoms with Crippen LogP contribution in [0.5, 0.6) is 0 Å². The molecule has 0 atom stereocenters. The van der Waals surface area contributed by atoms with Crippen LogP contribution in [0.15, 0.2) is 18.2 Å². The van der Waals surface area contributed by atoms with Crippen LogP contribution in [0.3, 0.4) is 0 Å². The molecule has 0 unspecified atom stereocenters. The molecule has 1 heteroatoms. The fourth-order valence-corrected chi connectivity index (χ4v) is 3.33. The number of pyridine rings is 1. The van der Waals surface area contributed by atoms with Gasteiger partial charge in [0.25, 0.3) is 0 Å². The molecule has 0 bridgehead atoms. The fourth-order valence-electron chi connectivity index (χ4n) is 3.33. The molecule has 1 aromatic heterocycles. The molecule has 0 aliphatic rings. The Bertz CT molecular complexity index is 352. The van der Waals surface area contributed by atoms with E-state index in [1.807, 2.05) is 0 Å². The van der Waals surface area contributed by atoms with E-state index in [0.717, 1.165) is 0 Å². The summed E-state index contributed by atoms with van der Waals surface area (Å²) in [4.78, 5) is 4.87. The lowest BCUT2D eigenvalue weighted by molar-refractivity contribution is 0.582. The molecule has 0 aliphatic carbocycles. The van der Waals surface area contributed by atoms with Crippen molar-refractivity contribution >= 4 is 0 Å². The quantitative estimate of drug-likeness (QED) is 0.283. The second kappa shape index (κ2) is 15.7. The van der Waals surface area contributed by atoms with E-state index >= 15 is 0 Å². The summed E-state index contributed by atoms with van der Waals surface area (Å²) in [6, 6.07) is 6.64. The van der Waals surface area contributed by atoms with E-state index < -0.39 is 0 Å². The zero-order chi connectivity index (χ0) is 17.3. The zero-order valence-electron chi connectivity index (χ0n) is 16.5. The van der Waals surface area contributed by atoms with E-state index in [9.17, 15) is 0 Å². The van der Waals surface area contributed by atoms with E-state index in [2.05, 4.69) is 32.0 Å². The maximum atomic E-state index is 4.87. The number of aromatic nitrogens is 1. The molecule has 1 nitrogen and oxygen atoms in total. The van der Waals surface area contributed by atoms with E-state index in [4.69, 9.17) is 4.98 Å². The van der Waals surface area contributed by atoms with Gasteiger partial charge in [-0.25, -0.2) is 0 Å². The van der Waals surface area contributed by atoms with Crippen LogP contribution >= 0.6 is 0 Å². The van der Waals surface area contributed by atoms with Crippen LogP contribution < -0.4 is 0 Å². The van der Waals surface area contributed by atoms with Crippen LogP contribution in [-0.4, -0.2) is 4.98 Å². The van der Waals surface area contributed by atoms with E-state index in [1.165, 1.54) is 114 Å². The molecule has 0 saturated heterocycles. The Morgan fingerprint density at radius 1 is 0.542 bits per heavy atom. The van der Waals surface area contributed by atoms with Crippen molar-refractivity contribution in [1.82, 2.24) is 4.98 Å². The predicted octanol–water partition coefficient (Wildman–Crippen LogP) is 7.67. The lowest BCUT2D eigenvalue weighted by atomic mass is 10.1. The second-order valence-electron chi connectivity index (χ2n) is 7.36. The topological polar surface area (TPSA) is 12.9 Å². The number of hydrogen-bond acceptors (Lipinski definition) is 1. The van der Waals surface area contributed by atoms with Gasteiger partial charge in [-0.3, -0.25) is 4.98 Å². The van der Waals surface area contributed by atoms with Gasteiger partial charge < -0.3 is 0 Å². The smallest absolute Gasteiger partial charge is 0.0406 e. The largest absolute Gasteiger partial charge is 0.258 e. The predicted molar refractivity (Wildman–Crippen MR) is 108 cm³/mol. The van der Waals surface area contributed by atoms with Crippen molar-refractivity contribution in [2.24, 2.45) is 0 Å². The molecule has 0 saturated carbocycles. The summed E-state index contributed by atoms with van der Waals surface area (Å²) < 4.78 is 0. The first-order valence-corrected chi connectivity index (χ1v) is 10.8. The Balaban J connectivity index is 2.08. The maximum Gasteiger partial charge on any atom is 0.0406 e. The van der Waals surface area contributed by atoms with Crippen molar-refractivity contribution in [1.29, 1.82) is 0 Å². The van der Waals surface area contributed by atoms with Gasteiger partial charge in [0.05, 0.1) is 0 Å². The average molecular weight is 332 g/mol. The Morgan fingerprint density at radius 2 is 0.917 bits per heavy atom. The average Bonchev–Trinajstić information content (AvgIpc) is 2.60. The third-order valence-corrected chi connectivity index (χ3v) is 4.94. The van der Waals surface area contributed by atoms with Crippen molar-refractivity contribution in [2.45, 2.75) is 117 Å². The van der Waals surface area contributed by atoms with E-state index in [1.54, 1.807) is 0 Å². The molecule has 0 spiro atoms. The SMILES string of the molecule is CCCCCCCCCc1cccc(CCCCCCCCC)n1. The first-order chi connectivity index (χ1) is 11.9.